The summed E-state index contributed by atoms with van der Waals surface area (Å²) >= 11 is 0.654. The number of fused-ring (bicyclic) bond motifs is 1. The SMILES string of the molecule is O=C(N=c1sc2cc(OC(F)(F)F)ccc2n1CCN1CCN(c2ccccc2F)CC1)C(F)(F)F. The van der Waals surface area contributed by atoms with Crippen LogP contribution in [-0.2, 0) is 11.3 Å². The zero-order valence-electron chi connectivity index (χ0n) is 18.4. The number of hydrogen-bond acceptors (Lipinski definition) is 5. The van der Waals surface area contributed by atoms with Crippen LogP contribution in [-0.4, -0.2) is 60.6 Å². The molecule has 3 aromatic rings. The van der Waals surface area contributed by atoms with Crippen LogP contribution in [0.5, 0.6) is 5.75 Å². The predicted octanol–water partition coefficient (Wildman–Crippen LogP) is 4.55. The van der Waals surface area contributed by atoms with Crippen LogP contribution in [0, 0.1) is 5.82 Å². The lowest BCUT2D eigenvalue weighted by Crippen LogP contribution is -2.47. The van der Waals surface area contributed by atoms with Crippen LogP contribution in [0.3, 0.4) is 0 Å². The molecule has 1 saturated heterocycles. The summed E-state index contributed by atoms with van der Waals surface area (Å²) < 4.78 is 95.7. The number of para-hydroxylation sites is 1. The third-order valence-electron chi connectivity index (χ3n) is 5.53. The summed E-state index contributed by atoms with van der Waals surface area (Å²) in [6.07, 6.45) is -10.1. The average Bonchev–Trinajstić information content (AvgIpc) is 3.12. The van der Waals surface area contributed by atoms with Crippen molar-refractivity contribution < 1.29 is 40.3 Å². The normalized spacial score (nSPS) is 16.1. The van der Waals surface area contributed by atoms with Crippen LogP contribution in [0.1, 0.15) is 0 Å². The molecule has 1 aromatic heterocycles. The number of aromatic nitrogens is 1. The number of anilines is 1. The summed E-state index contributed by atoms with van der Waals surface area (Å²) in [5, 5.41) is 0. The number of alkyl halides is 6. The van der Waals surface area contributed by atoms with Crippen LogP contribution in [0.4, 0.5) is 36.4 Å². The number of thiazole rings is 1. The van der Waals surface area contributed by atoms with Crippen molar-refractivity contribution in [2.45, 2.75) is 19.1 Å². The predicted molar refractivity (Wildman–Crippen MR) is 118 cm³/mol. The van der Waals surface area contributed by atoms with Gasteiger partial charge in [-0.15, -0.1) is 13.2 Å². The van der Waals surface area contributed by atoms with Gasteiger partial charge in [0.2, 0.25) is 0 Å². The van der Waals surface area contributed by atoms with Crippen LogP contribution < -0.4 is 14.4 Å². The Bertz CT molecular complexity index is 1310. The van der Waals surface area contributed by atoms with Gasteiger partial charge in [-0.25, -0.2) is 4.39 Å². The minimum Gasteiger partial charge on any atom is -0.406 e. The standard InChI is InChI=1S/C22H19F7N4O2S/c23-15-3-1-2-4-16(15)32-10-7-31(8-11-32)9-12-33-17-6-5-14(35-22(27,28)29)13-18(17)36-20(33)30-19(34)21(24,25)26/h1-6,13H,7-12H2. The van der Waals surface area contributed by atoms with Gasteiger partial charge in [0.25, 0.3) is 0 Å². The fourth-order valence-electron chi connectivity index (χ4n) is 3.86. The lowest BCUT2D eigenvalue weighted by Gasteiger charge is -2.36. The highest BCUT2D eigenvalue weighted by atomic mass is 32.1. The van der Waals surface area contributed by atoms with E-state index in [2.05, 4.69) is 9.73 Å². The number of halogens is 7. The van der Waals surface area contributed by atoms with E-state index < -0.39 is 24.2 Å². The molecule has 14 heteroatoms. The quantitative estimate of drug-likeness (QED) is 0.449. The molecule has 194 valence electrons. The molecule has 0 saturated carbocycles. The second-order valence-electron chi connectivity index (χ2n) is 7.91. The number of benzene rings is 2. The maximum absolute atomic E-state index is 14.1. The first-order chi connectivity index (χ1) is 16.9. The van der Waals surface area contributed by atoms with Gasteiger partial charge >= 0.3 is 18.4 Å². The molecule has 0 bridgehead atoms. The summed E-state index contributed by atoms with van der Waals surface area (Å²) in [5.41, 5.74) is 0.798. The number of piperazine rings is 1. The second kappa shape index (κ2) is 10.1. The van der Waals surface area contributed by atoms with Crippen molar-refractivity contribution in [1.29, 1.82) is 0 Å². The molecular formula is C22H19F7N4O2S. The van der Waals surface area contributed by atoms with E-state index in [1.54, 1.807) is 18.2 Å². The zero-order valence-corrected chi connectivity index (χ0v) is 19.3. The molecule has 0 spiro atoms. The molecular weight excluding hydrogens is 517 g/mol. The number of carbonyl (C=O) groups excluding carboxylic acids is 1. The van der Waals surface area contributed by atoms with E-state index in [4.69, 9.17) is 0 Å². The third kappa shape index (κ3) is 6.16. The van der Waals surface area contributed by atoms with Gasteiger partial charge in [0, 0.05) is 39.3 Å². The Morgan fingerprint density at radius 3 is 2.31 bits per heavy atom. The number of amides is 1. The third-order valence-corrected chi connectivity index (χ3v) is 6.57. The van der Waals surface area contributed by atoms with Gasteiger partial charge in [-0.3, -0.25) is 9.69 Å². The first-order valence-corrected chi connectivity index (χ1v) is 11.5. The summed E-state index contributed by atoms with van der Waals surface area (Å²) in [7, 11) is 0. The molecule has 2 aromatic carbocycles. The van der Waals surface area contributed by atoms with Crippen molar-refractivity contribution in [2.75, 3.05) is 37.6 Å². The molecule has 0 unspecified atom stereocenters. The fourth-order valence-corrected chi connectivity index (χ4v) is 4.95. The summed E-state index contributed by atoms with van der Waals surface area (Å²) in [6.45, 7) is 2.65. The Balaban J connectivity index is 1.54. The molecule has 1 aliphatic rings. The molecule has 1 amide bonds. The number of rotatable bonds is 5. The van der Waals surface area contributed by atoms with Crippen LogP contribution in [0.15, 0.2) is 47.5 Å². The van der Waals surface area contributed by atoms with E-state index in [0.29, 0.717) is 55.3 Å². The van der Waals surface area contributed by atoms with E-state index in [1.165, 1.54) is 16.7 Å². The number of ether oxygens (including phenoxy) is 1. The molecule has 4 rings (SSSR count). The molecule has 1 aliphatic heterocycles. The van der Waals surface area contributed by atoms with Crippen LogP contribution in [0.2, 0.25) is 0 Å². The fraction of sp³-hybridized carbons (Fsp3) is 0.364. The Morgan fingerprint density at radius 2 is 1.67 bits per heavy atom. The van der Waals surface area contributed by atoms with Gasteiger partial charge < -0.3 is 14.2 Å². The van der Waals surface area contributed by atoms with Gasteiger partial charge in [0.15, 0.2) is 4.80 Å². The monoisotopic (exact) mass is 536 g/mol. The highest BCUT2D eigenvalue weighted by molar-refractivity contribution is 7.16. The first kappa shape index (κ1) is 25.9. The van der Waals surface area contributed by atoms with E-state index >= 15 is 0 Å². The Hall–Kier alpha value is -3.13. The van der Waals surface area contributed by atoms with E-state index in [1.807, 2.05) is 9.80 Å². The van der Waals surface area contributed by atoms with Gasteiger partial charge in [0.1, 0.15) is 11.6 Å². The minimum absolute atomic E-state index is 0.128. The number of nitrogens with zero attached hydrogens (tertiary/aromatic N) is 4. The van der Waals surface area contributed by atoms with Crippen molar-refractivity contribution in [3.63, 3.8) is 0 Å². The molecule has 0 atom stereocenters. The van der Waals surface area contributed by atoms with Gasteiger partial charge in [0.05, 0.1) is 15.9 Å². The van der Waals surface area contributed by atoms with Gasteiger partial charge in [-0.2, -0.15) is 18.2 Å². The van der Waals surface area contributed by atoms with E-state index in [9.17, 15) is 35.5 Å². The Labute approximate surface area is 203 Å². The van der Waals surface area contributed by atoms with Crippen molar-refractivity contribution in [1.82, 2.24) is 9.47 Å². The van der Waals surface area contributed by atoms with Gasteiger partial charge in [-0.1, -0.05) is 23.5 Å². The maximum Gasteiger partial charge on any atom is 0.573 e. The molecule has 1 fully saturated rings. The second-order valence-corrected chi connectivity index (χ2v) is 8.92. The Kier molecular flexibility index (Phi) is 7.27. The maximum atomic E-state index is 14.1. The van der Waals surface area contributed by atoms with Crippen LogP contribution in [0.25, 0.3) is 10.2 Å². The molecule has 0 N–H and O–H groups in total. The molecule has 36 heavy (non-hydrogen) atoms. The lowest BCUT2D eigenvalue weighted by molar-refractivity contribution is -0.274. The summed E-state index contributed by atoms with van der Waals surface area (Å²) in [4.78, 5) is 18.3. The van der Waals surface area contributed by atoms with Crippen molar-refractivity contribution in [2.24, 2.45) is 4.99 Å². The highest BCUT2D eigenvalue weighted by Crippen LogP contribution is 2.28. The largest absolute Gasteiger partial charge is 0.573 e. The van der Waals surface area contributed by atoms with Crippen molar-refractivity contribution >= 4 is 33.1 Å². The van der Waals surface area contributed by atoms with Crippen LogP contribution >= 0.6 is 11.3 Å². The van der Waals surface area contributed by atoms with E-state index in [0.717, 1.165) is 12.1 Å². The Morgan fingerprint density at radius 1 is 0.972 bits per heavy atom. The molecule has 0 aliphatic carbocycles. The minimum atomic E-state index is -5.19. The smallest absolute Gasteiger partial charge is 0.406 e. The molecule has 6 nitrogen and oxygen atoms in total. The van der Waals surface area contributed by atoms with Crippen molar-refractivity contribution in [3.8, 4) is 5.75 Å². The van der Waals surface area contributed by atoms with E-state index in [-0.39, 0.29) is 21.9 Å². The number of carbonyl (C=O) groups is 1. The summed E-state index contributed by atoms with van der Waals surface area (Å²) in [6, 6.07) is 9.75. The zero-order chi connectivity index (χ0) is 26.1. The molecule has 2 heterocycles. The molecule has 0 radical (unpaired) electrons. The topological polar surface area (TPSA) is 50.1 Å². The highest BCUT2D eigenvalue weighted by Gasteiger charge is 2.39. The van der Waals surface area contributed by atoms with Gasteiger partial charge in [-0.05, 0) is 30.3 Å². The number of hydrogen-bond donors (Lipinski definition) is 0. The lowest BCUT2D eigenvalue weighted by atomic mass is 10.2. The first-order valence-electron chi connectivity index (χ1n) is 10.7. The summed E-state index contributed by atoms with van der Waals surface area (Å²) in [5.74, 6) is -3.19. The average molecular weight is 536 g/mol. The van der Waals surface area contributed by atoms with Crippen molar-refractivity contribution in [3.05, 3.63) is 53.1 Å².